The average Bonchev–Trinajstić information content (AvgIpc) is 3.27. The lowest BCUT2D eigenvalue weighted by atomic mass is 9.74. The van der Waals surface area contributed by atoms with Gasteiger partial charge in [0, 0.05) is 38.8 Å². The first-order valence-electron chi connectivity index (χ1n) is 11.4. The molecule has 0 spiro atoms. The van der Waals surface area contributed by atoms with Crippen LogP contribution in [-0.2, 0) is 5.60 Å². The minimum atomic E-state index is -1.30. The van der Waals surface area contributed by atoms with Gasteiger partial charge in [-0.3, -0.25) is 0 Å². The SMILES string of the molecule is OC1(c2ccccc2-c2ccc3oc4ccccc4c3c2)c2ccccc2Nc2ccccc21. The maximum atomic E-state index is 12.6. The van der Waals surface area contributed by atoms with E-state index >= 15 is 0 Å². The van der Waals surface area contributed by atoms with Crippen molar-refractivity contribution < 1.29 is 9.52 Å². The Kier molecular flexibility index (Phi) is 3.99. The Balaban J connectivity index is 1.51. The largest absolute Gasteiger partial charge is 0.456 e. The molecule has 2 N–H and O–H groups in total. The Bertz CT molecular complexity index is 1670. The summed E-state index contributed by atoms with van der Waals surface area (Å²) in [7, 11) is 0. The summed E-state index contributed by atoms with van der Waals surface area (Å²) in [5, 5.41) is 18.2. The highest BCUT2D eigenvalue weighted by molar-refractivity contribution is 6.06. The lowest BCUT2D eigenvalue weighted by Crippen LogP contribution is -2.34. The molecule has 0 unspecified atom stereocenters. The number of benzene rings is 5. The molecule has 0 atom stereocenters. The van der Waals surface area contributed by atoms with E-state index in [1.807, 2.05) is 91.0 Å². The van der Waals surface area contributed by atoms with Crippen LogP contribution < -0.4 is 5.32 Å². The topological polar surface area (TPSA) is 45.4 Å². The van der Waals surface area contributed by atoms with Crippen molar-refractivity contribution in [3.05, 3.63) is 132 Å². The molecule has 1 aliphatic rings. The van der Waals surface area contributed by atoms with E-state index in [1.54, 1.807) is 0 Å². The molecule has 2 heterocycles. The fourth-order valence-electron chi connectivity index (χ4n) is 5.34. The van der Waals surface area contributed by atoms with Crippen molar-refractivity contribution in [1.29, 1.82) is 0 Å². The molecule has 7 rings (SSSR count). The first-order valence-corrected chi connectivity index (χ1v) is 11.4. The summed E-state index contributed by atoms with van der Waals surface area (Å²) in [5.41, 5.74) is 6.82. The van der Waals surface area contributed by atoms with E-state index < -0.39 is 5.60 Å². The molecule has 34 heavy (non-hydrogen) atoms. The smallest absolute Gasteiger partial charge is 0.145 e. The van der Waals surface area contributed by atoms with E-state index in [4.69, 9.17) is 4.42 Å². The van der Waals surface area contributed by atoms with E-state index in [9.17, 15) is 5.11 Å². The van der Waals surface area contributed by atoms with Gasteiger partial charge < -0.3 is 14.8 Å². The fourth-order valence-corrected chi connectivity index (χ4v) is 5.34. The summed E-state index contributed by atoms with van der Waals surface area (Å²) in [6, 6.07) is 38.5. The van der Waals surface area contributed by atoms with Crippen molar-refractivity contribution in [2.24, 2.45) is 0 Å². The Morgan fingerprint density at radius 3 is 1.91 bits per heavy atom. The number of aliphatic hydroxyl groups is 1. The van der Waals surface area contributed by atoms with Crippen LogP contribution in [0, 0.1) is 0 Å². The molecule has 0 saturated carbocycles. The van der Waals surface area contributed by atoms with Crippen molar-refractivity contribution in [3.63, 3.8) is 0 Å². The quantitative estimate of drug-likeness (QED) is 0.292. The van der Waals surface area contributed by atoms with Gasteiger partial charge in [-0.25, -0.2) is 0 Å². The monoisotopic (exact) mass is 439 g/mol. The second kappa shape index (κ2) is 7.08. The van der Waals surface area contributed by atoms with Crippen molar-refractivity contribution >= 4 is 33.3 Å². The van der Waals surface area contributed by atoms with E-state index in [1.165, 1.54) is 0 Å². The molecular formula is C31H21NO2. The predicted octanol–water partition coefficient (Wildman–Crippen LogP) is 7.59. The summed E-state index contributed by atoms with van der Waals surface area (Å²) in [4.78, 5) is 0. The minimum absolute atomic E-state index is 0.844. The third-order valence-corrected chi connectivity index (χ3v) is 6.91. The molecule has 0 bridgehead atoms. The van der Waals surface area contributed by atoms with Crippen LogP contribution in [0.4, 0.5) is 11.4 Å². The Hall–Kier alpha value is -4.34. The average molecular weight is 440 g/mol. The van der Waals surface area contributed by atoms with Gasteiger partial charge >= 0.3 is 0 Å². The van der Waals surface area contributed by atoms with Gasteiger partial charge in [0.25, 0.3) is 0 Å². The molecule has 0 saturated heterocycles. The zero-order valence-corrected chi connectivity index (χ0v) is 18.3. The van der Waals surface area contributed by atoms with Crippen molar-refractivity contribution in [3.8, 4) is 11.1 Å². The predicted molar refractivity (Wildman–Crippen MR) is 137 cm³/mol. The van der Waals surface area contributed by atoms with Gasteiger partial charge in [-0.15, -0.1) is 0 Å². The van der Waals surface area contributed by atoms with E-state index in [0.717, 1.165) is 61.1 Å². The van der Waals surface area contributed by atoms with E-state index in [2.05, 4.69) is 29.6 Å². The van der Waals surface area contributed by atoms with Gasteiger partial charge in [-0.05, 0) is 41.5 Å². The van der Waals surface area contributed by atoms with E-state index in [-0.39, 0.29) is 0 Å². The first kappa shape index (κ1) is 19.2. The maximum Gasteiger partial charge on any atom is 0.145 e. The molecule has 0 fully saturated rings. The normalized spacial score (nSPS) is 13.9. The third kappa shape index (κ3) is 2.62. The number of anilines is 2. The third-order valence-electron chi connectivity index (χ3n) is 6.91. The highest BCUT2D eigenvalue weighted by Crippen LogP contribution is 2.50. The van der Waals surface area contributed by atoms with Crippen LogP contribution in [0.1, 0.15) is 16.7 Å². The van der Waals surface area contributed by atoms with Crippen molar-refractivity contribution in [1.82, 2.24) is 0 Å². The minimum Gasteiger partial charge on any atom is -0.456 e. The molecule has 1 aromatic heterocycles. The van der Waals surface area contributed by atoms with Crippen LogP contribution in [-0.4, -0.2) is 5.11 Å². The van der Waals surface area contributed by atoms with Crippen LogP contribution in [0.2, 0.25) is 0 Å². The molecule has 162 valence electrons. The molecule has 3 heteroatoms. The molecule has 0 amide bonds. The number of furan rings is 1. The molecule has 3 nitrogen and oxygen atoms in total. The Labute approximate surface area is 196 Å². The van der Waals surface area contributed by atoms with Crippen LogP contribution >= 0.6 is 0 Å². The summed E-state index contributed by atoms with van der Waals surface area (Å²) >= 11 is 0. The van der Waals surface area contributed by atoms with Crippen LogP contribution in [0.15, 0.2) is 120 Å². The van der Waals surface area contributed by atoms with Gasteiger partial charge in [0.05, 0.1) is 0 Å². The number of nitrogens with one attached hydrogen (secondary N) is 1. The molecule has 6 aromatic rings. The number of hydrogen-bond donors (Lipinski definition) is 2. The van der Waals surface area contributed by atoms with Crippen LogP contribution in [0.25, 0.3) is 33.1 Å². The molecule has 0 aliphatic carbocycles. The van der Waals surface area contributed by atoms with Gasteiger partial charge in [0.1, 0.15) is 16.8 Å². The lowest BCUT2D eigenvalue weighted by molar-refractivity contribution is 0.126. The summed E-state index contributed by atoms with van der Waals surface area (Å²) in [6.45, 7) is 0. The zero-order valence-electron chi connectivity index (χ0n) is 18.3. The number of para-hydroxylation sites is 3. The fraction of sp³-hybridized carbons (Fsp3) is 0.0323. The standard InChI is InChI=1S/C31H21NO2/c33-31(25-12-4-6-14-27(25)32-28-15-7-5-13-26(28)31)24-11-3-1-9-21(24)20-17-18-30-23(19-20)22-10-2-8-16-29(22)34-30/h1-19,32-33H. The van der Waals surface area contributed by atoms with Crippen molar-refractivity contribution in [2.75, 3.05) is 5.32 Å². The molecule has 0 radical (unpaired) electrons. The molecule has 1 aliphatic heterocycles. The van der Waals surface area contributed by atoms with Crippen LogP contribution in [0.5, 0.6) is 0 Å². The Morgan fingerprint density at radius 2 is 1.15 bits per heavy atom. The van der Waals surface area contributed by atoms with Gasteiger partial charge in [-0.2, -0.15) is 0 Å². The molecule has 5 aromatic carbocycles. The van der Waals surface area contributed by atoms with Gasteiger partial charge in [0.2, 0.25) is 0 Å². The lowest BCUT2D eigenvalue weighted by Gasteiger charge is -2.38. The number of hydrogen-bond acceptors (Lipinski definition) is 3. The van der Waals surface area contributed by atoms with Gasteiger partial charge in [0.15, 0.2) is 0 Å². The van der Waals surface area contributed by atoms with Crippen molar-refractivity contribution in [2.45, 2.75) is 5.60 Å². The molecular weight excluding hydrogens is 418 g/mol. The second-order valence-electron chi connectivity index (χ2n) is 8.78. The van der Waals surface area contributed by atoms with Crippen LogP contribution in [0.3, 0.4) is 0 Å². The second-order valence-corrected chi connectivity index (χ2v) is 8.78. The first-order chi connectivity index (χ1) is 16.7. The van der Waals surface area contributed by atoms with Gasteiger partial charge in [-0.1, -0.05) is 84.9 Å². The summed E-state index contributed by atoms with van der Waals surface area (Å²) in [5.74, 6) is 0. The highest BCUT2D eigenvalue weighted by Gasteiger charge is 2.41. The Morgan fingerprint density at radius 1 is 0.559 bits per heavy atom. The maximum absolute atomic E-state index is 12.6. The zero-order chi connectivity index (χ0) is 22.7. The summed E-state index contributed by atoms with van der Waals surface area (Å²) < 4.78 is 6.04. The number of fused-ring (bicyclic) bond motifs is 5. The van der Waals surface area contributed by atoms with E-state index in [0.29, 0.717) is 0 Å². The summed E-state index contributed by atoms with van der Waals surface area (Å²) in [6.07, 6.45) is 0. The number of rotatable bonds is 2. The highest BCUT2D eigenvalue weighted by atomic mass is 16.3.